The van der Waals surface area contributed by atoms with Crippen LogP contribution in [0.2, 0.25) is 0 Å². The smallest absolute Gasteiger partial charge is 0.353 e. The molecule has 0 unspecified atom stereocenters. The summed E-state index contributed by atoms with van der Waals surface area (Å²) in [6, 6.07) is 5.57. The Kier molecular flexibility index (Phi) is 5.97. The number of hydrogen-bond acceptors (Lipinski definition) is 8. The summed E-state index contributed by atoms with van der Waals surface area (Å²) in [5.74, 6) is -0.785. The third-order valence-electron chi connectivity index (χ3n) is 4.49. The minimum Gasteiger partial charge on any atom is -0.466 e. The van der Waals surface area contributed by atoms with Crippen LogP contribution in [0.4, 0.5) is 27.4 Å². The fourth-order valence-electron chi connectivity index (χ4n) is 3.15. The van der Waals surface area contributed by atoms with Gasteiger partial charge in [-0.1, -0.05) is 6.07 Å². The van der Waals surface area contributed by atoms with Crippen LogP contribution in [0.15, 0.2) is 30.6 Å². The first-order valence-corrected chi connectivity index (χ1v) is 8.93. The largest absolute Gasteiger partial charge is 0.466 e. The van der Waals surface area contributed by atoms with E-state index in [0.717, 1.165) is 0 Å². The lowest BCUT2D eigenvalue weighted by Crippen LogP contribution is -2.37. The minimum atomic E-state index is -0.561. The van der Waals surface area contributed by atoms with E-state index in [-0.39, 0.29) is 29.2 Å². The summed E-state index contributed by atoms with van der Waals surface area (Å²) < 4.78 is 18.5. The second-order valence-electron chi connectivity index (χ2n) is 6.30. The van der Waals surface area contributed by atoms with Gasteiger partial charge in [-0.15, -0.1) is 0 Å². The van der Waals surface area contributed by atoms with Gasteiger partial charge in [-0.25, -0.2) is 14.4 Å². The van der Waals surface area contributed by atoms with Crippen LogP contribution in [0.5, 0.6) is 0 Å². The van der Waals surface area contributed by atoms with Crippen LogP contribution >= 0.6 is 0 Å². The molecule has 1 aromatic heterocycles. The van der Waals surface area contributed by atoms with Crippen molar-refractivity contribution in [3.05, 3.63) is 46.5 Å². The standard InChI is InChI=1S/C18H20FN5O4/c1-2-28-18(25)12-6-8-23(9-7-12)17-15(24(26)27)16(20-11-21-17)22-14-5-3-4-13(19)10-14/h3-5,10-12H,2,6-9H2,1H3,(H,20,21,22). The summed E-state index contributed by atoms with van der Waals surface area (Å²) in [5.41, 5.74) is 0.0510. The zero-order chi connectivity index (χ0) is 20.1. The molecule has 0 radical (unpaired) electrons. The Balaban J connectivity index is 1.82. The molecule has 2 aromatic rings. The molecular weight excluding hydrogens is 369 g/mol. The molecule has 10 heteroatoms. The Labute approximate surface area is 160 Å². The van der Waals surface area contributed by atoms with Crippen molar-refractivity contribution in [1.29, 1.82) is 0 Å². The summed E-state index contributed by atoms with van der Waals surface area (Å²) in [6.07, 6.45) is 2.26. The van der Waals surface area contributed by atoms with Gasteiger partial charge in [0.05, 0.1) is 17.4 Å². The molecule has 0 atom stereocenters. The molecule has 148 valence electrons. The highest BCUT2D eigenvalue weighted by Gasteiger charge is 2.32. The first-order valence-electron chi connectivity index (χ1n) is 8.93. The molecule has 28 heavy (non-hydrogen) atoms. The summed E-state index contributed by atoms with van der Waals surface area (Å²) in [6.45, 7) is 2.94. The van der Waals surface area contributed by atoms with Gasteiger partial charge in [-0.3, -0.25) is 14.9 Å². The van der Waals surface area contributed by atoms with E-state index >= 15 is 0 Å². The highest BCUT2D eigenvalue weighted by molar-refractivity contribution is 5.75. The molecule has 0 spiro atoms. The number of nitro groups is 1. The van der Waals surface area contributed by atoms with Crippen LogP contribution in [0.3, 0.4) is 0 Å². The predicted octanol–water partition coefficient (Wildman–Crippen LogP) is 3.05. The second-order valence-corrected chi connectivity index (χ2v) is 6.30. The lowest BCUT2D eigenvalue weighted by molar-refractivity contribution is -0.383. The van der Waals surface area contributed by atoms with Gasteiger partial charge in [0.2, 0.25) is 11.6 Å². The van der Waals surface area contributed by atoms with E-state index in [1.54, 1.807) is 17.9 Å². The van der Waals surface area contributed by atoms with Gasteiger partial charge in [-0.2, -0.15) is 0 Å². The molecule has 3 rings (SSSR count). The van der Waals surface area contributed by atoms with Gasteiger partial charge in [0, 0.05) is 18.8 Å². The maximum absolute atomic E-state index is 13.4. The van der Waals surface area contributed by atoms with Crippen molar-refractivity contribution in [2.75, 3.05) is 29.9 Å². The van der Waals surface area contributed by atoms with Crippen molar-refractivity contribution in [3.63, 3.8) is 0 Å². The zero-order valence-electron chi connectivity index (χ0n) is 15.3. The molecular formula is C18H20FN5O4. The van der Waals surface area contributed by atoms with Crippen LogP contribution in [0.25, 0.3) is 0 Å². The number of esters is 1. The SMILES string of the molecule is CCOC(=O)C1CCN(c2ncnc(Nc3cccc(F)c3)c2[N+](=O)[O-])CC1. The van der Waals surface area contributed by atoms with Crippen molar-refractivity contribution in [3.8, 4) is 0 Å². The number of halogens is 1. The normalized spacial score (nSPS) is 14.6. The second kappa shape index (κ2) is 8.59. The summed E-state index contributed by atoms with van der Waals surface area (Å²) in [4.78, 5) is 32.8. The molecule has 1 aromatic carbocycles. The van der Waals surface area contributed by atoms with E-state index in [0.29, 0.717) is 38.2 Å². The number of hydrogen-bond donors (Lipinski definition) is 1. The average Bonchev–Trinajstić information content (AvgIpc) is 2.68. The van der Waals surface area contributed by atoms with E-state index in [1.165, 1.54) is 24.5 Å². The molecule has 2 heterocycles. The number of carbonyl (C=O) groups is 1. The topological polar surface area (TPSA) is 110 Å². The van der Waals surface area contributed by atoms with Gasteiger partial charge in [0.1, 0.15) is 12.1 Å². The summed E-state index contributed by atoms with van der Waals surface area (Å²) in [7, 11) is 0. The number of piperidine rings is 1. The third kappa shape index (κ3) is 4.33. The average molecular weight is 389 g/mol. The Hall–Kier alpha value is -3.30. The van der Waals surface area contributed by atoms with E-state index in [9.17, 15) is 19.3 Å². The van der Waals surface area contributed by atoms with Gasteiger partial charge in [-0.05, 0) is 38.0 Å². The van der Waals surface area contributed by atoms with Crippen LogP contribution < -0.4 is 10.2 Å². The number of anilines is 3. The number of aromatic nitrogens is 2. The summed E-state index contributed by atoms with van der Waals surface area (Å²) in [5, 5.41) is 14.5. The van der Waals surface area contributed by atoms with Crippen molar-refractivity contribution < 1.29 is 18.8 Å². The number of nitrogens with zero attached hydrogens (tertiary/aromatic N) is 4. The first kappa shape index (κ1) is 19.5. The summed E-state index contributed by atoms with van der Waals surface area (Å²) >= 11 is 0. The van der Waals surface area contributed by atoms with Crippen molar-refractivity contribution in [2.45, 2.75) is 19.8 Å². The van der Waals surface area contributed by atoms with Crippen molar-refractivity contribution in [2.24, 2.45) is 5.92 Å². The van der Waals surface area contributed by atoms with Crippen LogP contribution in [0, 0.1) is 21.8 Å². The molecule has 0 bridgehead atoms. The molecule has 1 aliphatic heterocycles. The number of nitrogens with one attached hydrogen (secondary N) is 1. The third-order valence-corrected chi connectivity index (χ3v) is 4.49. The van der Waals surface area contributed by atoms with E-state index in [2.05, 4.69) is 15.3 Å². The molecule has 0 aliphatic carbocycles. The lowest BCUT2D eigenvalue weighted by Gasteiger charge is -2.31. The molecule has 9 nitrogen and oxygen atoms in total. The quantitative estimate of drug-likeness (QED) is 0.456. The molecule has 1 N–H and O–H groups in total. The van der Waals surface area contributed by atoms with Crippen LogP contribution in [0.1, 0.15) is 19.8 Å². The van der Waals surface area contributed by atoms with E-state index in [1.807, 2.05) is 0 Å². The fraction of sp³-hybridized carbons (Fsp3) is 0.389. The Morgan fingerprint density at radius 3 is 2.79 bits per heavy atom. The monoisotopic (exact) mass is 389 g/mol. The molecule has 1 aliphatic rings. The van der Waals surface area contributed by atoms with Crippen LogP contribution in [-0.4, -0.2) is 40.6 Å². The first-order chi connectivity index (χ1) is 13.5. The number of carbonyl (C=O) groups excluding carboxylic acids is 1. The highest BCUT2D eigenvalue weighted by Crippen LogP contribution is 2.35. The number of rotatable bonds is 6. The Morgan fingerprint density at radius 1 is 1.39 bits per heavy atom. The Bertz CT molecular complexity index is 871. The van der Waals surface area contributed by atoms with Gasteiger partial charge >= 0.3 is 11.7 Å². The maximum atomic E-state index is 13.4. The molecule has 0 saturated carbocycles. The molecule has 1 saturated heterocycles. The molecule has 1 fully saturated rings. The van der Waals surface area contributed by atoms with Gasteiger partial charge in [0.15, 0.2) is 0 Å². The zero-order valence-corrected chi connectivity index (χ0v) is 15.3. The van der Waals surface area contributed by atoms with Crippen LogP contribution in [-0.2, 0) is 9.53 Å². The Morgan fingerprint density at radius 2 is 2.14 bits per heavy atom. The molecule has 0 amide bonds. The van der Waals surface area contributed by atoms with E-state index in [4.69, 9.17) is 4.74 Å². The van der Waals surface area contributed by atoms with Crippen molar-refractivity contribution >= 4 is 29.0 Å². The maximum Gasteiger partial charge on any atom is 0.353 e. The highest BCUT2D eigenvalue weighted by atomic mass is 19.1. The van der Waals surface area contributed by atoms with Gasteiger partial charge in [0.25, 0.3) is 0 Å². The van der Waals surface area contributed by atoms with E-state index < -0.39 is 10.7 Å². The predicted molar refractivity (Wildman–Crippen MR) is 99.9 cm³/mol. The fourth-order valence-corrected chi connectivity index (χ4v) is 3.15. The van der Waals surface area contributed by atoms with Crippen molar-refractivity contribution in [1.82, 2.24) is 9.97 Å². The van der Waals surface area contributed by atoms with Gasteiger partial charge < -0.3 is 15.0 Å². The minimum absolute atomic E-state index is 0.0203. The lowest BCUT2D eigenvalue weighted by atomic mass is 9.97. The number of benzene rings is 1. The number of ether oxygens (including phenoxy) is 1.